The first-order valence-corrected chi connectivity index (χ1v) is 5.96. The van der Waals surface area contributed by atoms with Crippen LogP contribution in [0.5, 0.6) is 0 Å². The third-order valence-electron chi connectivity index (χ3n) is 2.20. The normalized spacial score (nSPS) is 12.6. The lowest BCUT2D eigenvalue weighted by atomic mass is 10.1. The summed E-state index contributed by atoms with van der Waals surface area (Å²) in [6.07, 6.45) is 1.89. The van der Waals surface area contributed by atoms with Crippen molar-refractivity contribution in [1.29, 1.82) is 5.41 Å². The van der Waals surface area contributed by atoms with E-state index < -0.39 is 0 Å². The molecule has 15 heavy (non-hydrogen) atoms. The fraction of sp³-hybridized carbons (Fsp3) is 0.182. The maximum Gasteiger partial charge on any atom is 0.181 e. The monoisotopic (exact) mass is 238 g/mol. The molecule has 78 valence electrons. The summed E-state index contributed by atoms with van der Waals surface area (Å²) in [4.78, 5) is 0.539. The van der Waals surface area contributed by atoms with Gasteiger partial charge in [-0.05, 0) is 5.56 Å². The molecule has 0 aliphatic rings. The Morgan fingerprint density at radius 2 is 2.07 bits per heavy atom. The zero-order valence-electron chi connectivity index (χ0n) is 8.06. The summed E-state index contributed by atoms with van der Waals surface area (Å²) in [7, 11) is 0. The Labute approximate surface area is 97.3 Å². The first kappa shape index (κ1) is 10.5. The van der Waals surface area contributed by atoms with Crippen molar-refractivity contribution in [2.75, 3.05) is 0 Å². The van der Waals surface area contributed by atoms with Gasteiger partial charge in [0.2, 0.25) is 0 Å². The zero-order valence-corrected chi connectivity index (χ0v) is 9.63. The molecule has 0 saturated carbocycles. The van der Waals surface area contributed by atoms with Crippen molar-refractivity contribution in [2.45, 2.75) is 11.9 Å². The molecule has 4 heteroatoms. The number of thiazole rings is 1. The second-order valence-electron chi connectivity index (χ2n) is 3.24. The highest BCUT2D eigenvalue weighted by Gasteiger charge is 2.08. The number of hydrogen-bond acceptors (Lipinski definition) is 2. The van der Waals surface area contributed by atoms with Crippen LogP contribution in [0.25, 0.3) is 0 Å². The Bertz CT molecular complexity index is 475. The van der Waals surface area contributed by atoms with Gasteiger partial charge >= 0.3 is 0 Å². The molecule has 0 amide bonds. The number of nitrogens with zero attached hydrogens (tertiary/aromatic N) is 1. The van der Waals surface area contributed by atoms with Gasteiger partial charge in [0.1, 0.15) is 0 Å². The molecule has 0 radical (unpaired) electrons. The van der Waals surface area contributed by atoms with Crippen LogP contribution in [0.1, 0.15) is 10.9 Å². The van der Waals surface area contributed by atoms with Gasteiger partial charge in [-0.2, -0.15) is 0 Å². The maximum atomic E-state index is 7.63. The van der Waals surface area contributed by atoms with Gasteiger partial charge in [-0.3, -0.25) is 5.41 Å². The van der Waals surface area contributed by atoms with E-state index in [1.807, 2.05) is 46.5 Å². The van der Waals surface area contributed by atoms with Crippen molar-refractivity contribution >= 4 is 22.9 Å². The van der Waals surface area contributed by atoms with Crippen LogP contribution in [-0.4, -0.2) is 4.57 Å². The molecule has 1 aromatic carbocycles. The number of hydrogen-bond donors (Lipinski definition) is 1. The van der Waals surface area contributed by atoms with Crippen LogP contribution in [0.2, 0.25) is 0 Å². The third-order valence-corrected chi connectivity index (χ3v) is 3.31. The maximum absolute atomic E-state index is 7.63. The molecule has 0 spiro atoms. The smallest absolute Gasteiger partial charge is 0.181 e. The Kier molecular flexibility index (Phi) is 3.23. The predicted molar refractivity (Wildman–Crippen MR) is 63.2 cm³/mol. The summed E-state index contributed by atoms with van der Waals surface area (Å²) < 4.78 is 1.86. The van der Waals surface area contributed by atoms with Gasteiger partial charge in [0.15, 0.2) is 4.80 Å². The van der Waals surface area contributed by atoms with Crippen LogP contribution in [-0.2, 0) is 6.54 Å². The summed E-state index contributed by atoms with van der Waals surface area (Å²) >= 11 is 7.68. The summed E-state index contributed by atoms with van der Waals surface area (Å²) in [5.74, 6) is 0. The molecule has 1 atom stereocenters. The molecule has 2 aromatic rings. The predicted octanol–water partition coefficient (Wildman–Crippen LogP) is 3.01. The molecule has 2 nitrogen and oxygen atoms in total. The van der Waals surface area contributed by atoms with E-state index >= 15 is 0 Å². The molecule has 0 fully saturated rings. The third kappa shape index (κ3) is 2.49. The summed E-state index contributed by atoms with van der Waals surface area (Å²) in [5, 5.41) is 9.46. The molecule has 0 aliphatic carbocycles. The van der Waals surface area contributed by atoms with E-state index in [1.165, 1.54) is 11.3 Å². The van der Waals surface area contributed by atoms with Crippen molar-refractivity contribution in [3.8, 4) is 0 Å². The SMILES string of the molecule is N=c1sccn1CC(Cl)c1ccccc1. The molecule has 1 heterocycles. The Hall–Kier alpha value is -1.06. The first-order valence-electron chi connectivity index (χ1n) is 4.65. The highest BCUT2D eigenvalue weighted by atomic mass is 35.5. The summed E-state index contributed by atoms with van der Waals surface area (Å²) in [6.45, 7) is 0.647. The van der Waals surface area contributed by atoms with Crippen LogP contribution >= 0.6 is 22.9 Å². The molecule has 1 aromatic heterocycles. The highest BCUT2D eigenvalue weighted by Crippen LogP contribution is 2.21. The molecule has 0 aliphatic heterocycles. The minimum absolute atomic E-state index is 0.0742. The standard InChI is InChI=1S/C11H11ClN2S/c12-10(9-4-2-1-3-5-9)8-14-6-7-15-11(14)13/h1-7,10,13H,8H2. The fourth-order valence-corrected chi connectivity index (χ4v) is 2.29. The number of alkyl halides is 1. The molecular formula is C11H11ClN2S. The van der Waals surface area contributed by atoms with Crippen LogP contribution in [0.3, 0.4) is 0 Å². The lowest BCUT2D eigenvalue weighted by Gasteiger charge is -2.10. The summed E-state index contributed by atoms with van der Waals surface area (Å²) in [6, 6.07) is 9.94. The minimum atomic E-state index is -0.0742. The lowest BCUT2D eigenvalue weighted by molar-refractivity contribution is 0.654. The molecule has 1 unspecified atom stereocenters. The van der Waals surface area contributed by atoms with Crippen LogP contribution in [0, 0.1) is 5.41 Å². The fourth-order valence-electron chi connectivity index (χ4n) is 1.39. The largest absolute Gasteiger partial charge is 0.322 e. The van der Waals surface area contributed by atoms with E-state index in [1.54, 1.807) is 0 Å². The quantitative estimate of drug-likeness (QED) is 0.797. The van der Waals surface area contributed by atoms with E-state index in [0.717, 1.165) is 5.56 Å². The van der Waals surface area contributed by atoms with Crippen LogP contribution < -0.4 is 4.80 Å². The summed E-state index contributed by atoms with van der Waals surface area (Å²) in [5.41, 5.74) is 1.09. The van der Waals surface area contributed by atoms with Crippen LogP contribution in [0.4, 0.5) is 0 Å². The van der Waals surface area contributed by atoms with Gasteiger partial charge in [-0.1, -0.05) is 30.3 Å². The zero-order chi connectivity index (χ0) is 10.7. The number of nitrogens with one attached hydrogen (secondary N) is 1. The van der Waals surface area contributed by atoms with Gasteiger partial charge < -0.3 is 4.57 Å². The van der Waals surface area contributed by atoms with E-state index in [0.29, 0.717) is 11.3 Å². The second-order valence-corrected chi connectivity index (χ2v) is 4.66. The van der Waals surface area contributed by atoms with E-state index in [9.17, 15) is 0 Å². The van der Waals surface area contributed by atoms with Crippen molar-refractivity contribution in [3.63, 3.8) is 0 Å². The molecule has 2 rings (SSSR count). The van der Waals surface area contributed by atoms with Crippen LogP contribution in [0.15, 0.2) is 41.9 Å². The number of halogens is 1. The molecular weight excluding hydrogens is 228 g/mol. The highest BCUT2D eigenvalue weighted by molar-refractivity contribution is 7.06. The van der Waals surface area contributed by atoms with Crippen molar-refractivity contribution in [2.24, 2.45) is 0 Å². The topological polar surface area (TPSA) is 28.8 Å². The molecule has 0 saturated heterocycles. The van der Waals surface area contributed by atoms with E-state index in [2.05, 4.69) is 0 Å². The Morgan fingerprint density at radius 1 is 1.33 bits per heavy atom. The van der Waals surface area contributed by atoms with Gasteiger partial charge in [-0.25, -0.2) is 0 Å². The number of aromatic nitrogens is 1. The Morgan fingerprint density at radius 3 is 2.67 bits per heavy atom. The molecule has 1 N–H and O–H groups in total. The van der Waals surface area contributed by atoms with E-state index in [4.69, 9.17) is 17.0 Å². The molecule has 0 bridgehead atoms. The Balaban J connectivity index is 2.14. The second kappa shape index (κ2) is 4.64. The number of rotatable bonds is 3. The minimum Gasteiger partial charge on any atom is -0.322 e. The van der Waals surface area contributed by atoms with Gasteiger partial charge in [0, 0.05) is 18.1 Å². The number of benzene rings is 1. The first-order chi connectivity index (χ1) is 7.27. The van der Waals surface area contributed by atoms with Gasteiger partial charge in [0.25, 0.3) is 0 Å². The average molecular weight is 239 g/mol. The average Bonchev–Trinajstić information content (AvgIpc) is 2.66. The van der Waals surface area contributed by atoms with Crippen molar-refractivity contribution in [1.82, 2.24) is 4.57 Å². The van der Waals surface area contributed by atoms with Gasteiger partial charge in [-0.15, -0.1) is 22.9 Å². The van der Waals surface area contributed by atoms with Crippen molar-refractivity contribution < 1.29 is 0 Å². The van der Waals surface area contributed by atoms with Crippen molar-refractivity contribution in [3.05, 3.63) is 52.3 Å². The lowest BCUT2D eigenvalue weighted by Crippen LogP contribution is -2.15. The van der Waals surface area contributed by atoms with Gasteiger partial charge in [0.05, 0.1) is 5.38 Å². The van der Waals surface area contributed by atoms with E-state index in [-0.39, 0.29) is 5.38 Å².